The first-order valence-corrected chi connectivity index (χ1v) is 5.87. The van der Waals surface area contributed by atoms with Crippen LogP contribution in [0.4, 0.5) is 0 Å². The van der Waals surface area contributed by atoms with Crippen molar-refractivity contribution < 1.29 is 14.6 Å². The highest BCUT2D eigenvalue weighted by Crippen LogP contribution is 2.25. The average molecular weight is 277 g/mol. The van der Waals surface area contributed by atoms with Gasteiger partial charge in [0.15, 0.2) is 5.69 Å². The Bertz CT molecular complexity index is 598. The summed E-state index contributed by atoms with van der Waals surface area (Å²) in [4.78, 5) is 11.2. The normalized spacial score (nSPS) is 11.9. The van der Waals surface area contributed by atoms with Crippen LogP contribution in [0.25, 0.3) is 0 Å². The third-order valence-corrected chi connectivity index (χ3v) is 2.76. The van der Waals surface area contributed by atoms with Crippen LogP contribution in [0.3, 0.4) is 0 Å². The first-order chi connectivity index (χ1) is 9.65. The third kappa shape index (κ3) is 2.92. The van der Waals surface area contributed by atoms with Gasteiger partial charge in [0.2, 0.25) is 0 Å². The Hall–Kier alpha value is -2.45. The van der Waals surface area contributed by atoms with E-state index in [0.717, 1.165) is 0 Å². The first-order valence-electron chi connectivity index (χ1n) is 5.87. The van der Waals surface area contributed by atoms with Crippen LogP contribution in [-0.4, -0.2) is 33.1 Å². The van der Waals surface area contributed by atoms with Gasteiger partial charge in [0.1, 0.15) is 11.9 Å². The molecule has 0 aliphatic rings. The second kappa shape index (κ2) is 6.13. The number of carbonyl (C=O) groups is 1. The molecule has 0 radical (unpaired) electrons. The van der Waals surface area contributed by atoms with Gasteiger partial charge in [0.25, 0.3) is 5.91 Å². The zero-order chi connectivity index (χ0) is 14.5. The van der Waals surface area contributed by atoms with Crippen molar-refractivity contribution >= 4 is 5.91 Å². The van der Waals surface area contributed by atoms with Crippen LogP contribution in [0.15, 0.2) is 30.5 Å². The first kappa shape index (κ1) is 14.0. The molecule has 1 amide bonds. The number of amides is 1. The van der Waals surface area contributed by atoms with E-state index in [-0.39, 0.29) is 12.2 Å². The summed E-state index contributed by atoms with van der Waals surface area (Å²) in [5.41, 5.74) is 2.68. The summed E-state index contributed by atoms with van der Waals surface area (Å²) in [6, 6.07) is 7.13. The standard InChI is InChI=1S/C12H15N5O3/c1-20-11-5-3-2-4-8(11)10(18)7-17-6-9(15-16-17)12(19)14-13/h2-6,10,18H,7,13H2,1H3,(H,14,19)/t10-/m0/s1. The van der Waals surface area contributed by atoms with Crippen molar-refractivity contribution in [2.45, 2.75) is 12.6 Å². The molecule has 0 saturated heterocycles. The molecule has 0 unspecified atom stereocenters. The van der Waals surface area contributed by atoms with E-state index in [2.05, 4.69) is 10.3 Å². The summed E-state index contributed by atoms with van der Waals surface area (Å²) in [6.45, 7) is 0.144. The van der Waals surface area contributed by atoms with Crippen LogP contribution in [0, 0.1) is 0 Å². The fourth-order valence-corrected chi connectivity index (χ4v) is 1.78. The molecular formula is C12H15N5O3. The Balaban J connectivity index is 2.13. The molecule has 0 saturated carbocycles. The number of methoxy groups -OCH3 is 1. The van der Waals surface area contributed by atoms with Crippen molar-refractivity contribution in [1.29, 1.82) is 0 Å². The van der Waals surface area contributed by atoms with Crippen molar-refractivity contribution in [3.05, 3.63) is 41.7 Å². The van der Waals surface area contributed by atoms with Crippen molar-refractivity contribution in [1.82, 2.24) is 20.4 Å². The fraction of sp³-hybridized carbons (Fsp3) is 0.250. The molecular weight excluding hydrogens is 262 g/mol. The zero-order valence-electron chi connectivity index (χ0n) is 10.9. The minimum absolute atomic E-state index is 0.0831. The van der Waals surface area contributed by atoms with E-state index in [1.807, 2.05) is 11.5 Å². The van der Waals surface area contributed by atoms with Gasteiger partial charge in [0, 0.05) is 5.56 Å². The Labute approximate surface area is 115 Å². The largest absolute Gasteiger partial charge is 0.496 e. The maximum absolute atomic E-state index is 11.2. The molecule has 0 bridgehead atoms. The predicted molar refractivity (Wildman–Crippen MR) is 69.6 cm³/mol. The number of aliphatic hydroxyl groups excluding tert-OH is 1. The SMILES string of the molecule is COc1ccccc1[C@@H](O)Cn1cc(C(=O)NN)nn1. The van der Waals surface area contributed by atoms with E-state index in [1.54, 1.807) is 18.2 Å². The molecule has 4 N–H and O–H groups in total. The molecule has 1 aromatic carbocycles. The van der Waals surface area contributed by atoms with Gasteiger partial charge in [0.05, 0.1) is 19.9 Å². The van der Waals surface area contributed by atoms with Crippen LogP contribution >= 0.6 is 0 Å². The monoisotopic (exact) mass is 277 g/mol. The maximum atomic E-state index is 11.2. The number of carbonyl (C=O) groups excluding carboxylic acids is 1. The van der Waals surface area contributed by atoms with Gasteiger partial charge in [-0.15, -0.1) is 5.10 Å². The van der Waals surface area contributed by atoms with Crippen LogP contribution in [-0.2, 0) is 6.54 Å². The number of nitrogens with zero attached hydrogens (tertiary/aromatic N) is 3. The number of rotatable bonds is 5. The minimum Gasteiger partial charge on any atom is -0.496 e. The van der Waals surface area contributed by atoms with Gasteiger partial charge in [-0.1, -0.05) is 23.4 Å². The van der Waals surface area contributed by atoms with E-state index in [9.17, 15) is 9.90 Å². The number of para-hydroxylation sites is 1. The van der Waals surface area contributed by atoms with Crippen LogP contribution < -0.4 is 16.0 Å². The second-order valence-electron chi connectivity index (χ2n) is 4.06. The summed E-state index contributed by atoms with van der Waals surface area (Å²) in [7, 11) is 1.53. The number of aliphatic hydroxyl groups is 1. The molecule has 8 heteroatoms. The molecule has 0 aliphatic heterocycles. The summed E-state index contributed by atoms with van der Waals surface area (Å²) in [5.74, 6) is 5.05. The van der Waals surface area contributed by atoms with E-state index < -0.39 is 12.0 Å². The molecule has 2 rings (SSSR count). The van der Waals surface area contributed by atoms with Crippen molar-refractivity contribution in [3.8, 4) is 5.75 Å². The third-order valence-electron chi connectivity index (χ3n) is 2.76. The molecule has 0 spiro atoms. The highest BCUT2D eigenvalue weighted by molar-refractivity contribution is 5.91. The number of hydrazine groups is 1. The van der Waals surface area contributed by atoms with Crippen LogP contribution in [0.2, 0.25) is 0 Å². The van der Waals surface area contributed by atoms with Crippen molar-refractivity contribution in [2.24, 2.45) is 5.84 Å². The Kier molecular flexibility index (Phi) is 4.28. The molecule has 0 fully saturated rings. The molecule has 0 aliphatic carbocycles. The van der Waals surface area contributed by atoms with Crippen molar-refractivity contribution in [2.75, 3.05) is 7.11 Å². The van der Waals surface area contributed by atoms with Crippen molar-refractivity contribution in [3.63, 3.8) is 0 Å². The number of ether oxygens (including phenoxy) is 1. The molecule has 1 atom stereocenters. The predicted octanol–water partition coefficient (Wildman–Crippen LogP) is -0.376. The Morgan fingerprint density at radius 3 is 3.00 bits per heavy atom. The number of aromatic nitrogens is 3. The number of nitrogens with one attached hydrogen (secondary N) is 1. The van der Waals surface area contributed by atoms with Gasteiger partial charge in [-0.2, -0.15) is 0 Å². The number of benzene rings is 1. The highest BCUT2D eigenvalue weighted by Gasteiger charge is 2.15. The van der Waals surface area contributed by atoms with Gasteiger partial charge >= 0.3 is 0 Å². The highest BCUT2D eigenvalue weighted by atomic mass is 16.5. The summed E-state index contributed by atoms with van der Waals surface area (Å²) in [5, 5.41) is 17.6. The van der Waals surface area contributed by atoms with Crippen LogP contribution in [0.1, 0.15) is 22.2 Å². The summed E-state index contributed by atoms with van der Waals surface area (Å²) in [6.07, 6.45) is 0.572. The lowest BCUT2D eigenvalue weighted by atomic mass is 10.1. The quantitative estimate of drug-likeness (QED) is 0.390. The van der Waals surface area contributed by atoms with E-state index in [0.29, 0.717) is 11.3 Å². The number of nitrogen functional groups attached to an aromatic ring is 1. The van der Waals surface area contributed by atoms with E-state index in [4.69, 9.17) is 10.6 Å². The maximum Gasteiger partial charge on any atom is 0.287 e. The second-order valence-corrected chi connectivity index (χ2v) is 4.06. The van der Waals surface area contributed by atoms with Gasteiger partial charge < -0.3 is 9.84 Å². The lowest BCUT2D eigenvalue weighted by Crippen LogP contribution is -2.30. The van der Waals surface area contributed by atoms with Gasteiger partial charge in [-0.3, -0.25) is 10.2 Å². The van der Waals surface area contributed by atoms with E-state index in [1.165, 1.54) is 18.0 Å². The molecule has 20 heavy (non-hydrogen) atoms. The molecule has 8 nitrogen and oxygen atoms in total. The topological polar surface area (TPSA) is 115 Å². The fourth-order valence-electron chi connectivity index (χ4n) is 1.78. The number of hydrogen-bond acceptors (Lipinski definition) is 6. The Morgan fingerprint density at radius 2 is 2.30 bits per heavy atom. The van der Waals surface area contributed by atoms with Gasteiger partial charge in [-0.25, -0.2) is 10.5 Å². The molecule has 106 valence electrons. The molecule has 1 heterocycles. The summed E-state index contributed by atoms with van der Waals surface area (Å²) < 4.78 is 6.54. The smallest absolute Gasteiger partial charge is 0.287 e. The Morgan fingerprint density at radius 1 is 1.55 bits per heavy atom. The van der Waals surface area contributed by atoms with E-state index >= 15 is 0 Å². The average Bonchev–Trinajstić information content (AvgIpc) is 2.94. The lowest BCUT2D eigenvalue weighted by Gasteiger charge is -2.14. The van der Waals surface area contributed by atoms with Gasteiger partial charge in [-0.05, 0) is 6.07 Å². The number of hydrogen-bond donors (Lipinski definition) is 3. The van der Waals surface area contributed by atoms with Crippen LogP contribution in [0.5, 0.6) is 5.75 Å². The minimum atomic E-state index is -0.832. The molecule has 1 aromatic heterocycles. The summed E-state index contributed by atoms with van der Waals surface area (Å²) >= 11 is 0. The zero-order valence-corrected chi connectivity index (χ0v) is 10.9. The lowest BCUT2D eigenvalue weighted by molar-refractivity contribution is 0.0948. The molecule has 2 aromatic rings. The number of nitrogens with two attached hydrogens (primary N) is 1.